The molecule has 0 radical (unpaired) electrons. The van der Waals surface area contributed by atoms with Crippen molar-refractivity contribution in [2.45, 2.75) is 38.3 Å². The molecule has 0 unspecified atom stereocenters. The molecule has 0 fully saturated rings. The highest BCUT2D eigenvalue weighted by atomic mass is 35.5. The molecule has 0 bridgehead atoms. The third-order valence-electron chi connectivity index (χ3n) is 3.37. The van der Waals surface area contributed by atoms with E-state index in [0.29, 0.717) is 22.6 Å². The van der Waals surface area contributed by atoms with Crippen molar-refractivity contribution in [1.82, 2.24) is 9.97 Å². The maximum atomic E-state index is 6.27. The van der Waals surface area contributed by atoms with E-state index >= 15 is 0 Å². The number of halogens is 2. The zero-order valence-electron chi connectivity index (χ0n) is 12.6. The number of rotatable bonds is 4. The summed E-state index contributed by atoms with van der Waals surface area (Å²) in [5.41, 5.74) is 4.66. The van der Waals surface area contributed by atoms with E-state index in [1.807, 2.05) is 24.6 Å². The van der Waals surface area contributed by atoms with Gasteiger partial charge in [-0.25, -0.2) is 9.97 Å². The number of aromatic nitrogens is 2. The van der Waals surface area contributed by atoms with E-state index in [0.717, 1.165) is 10.6 Å². The van der Waals surface area contributed by atoms with Crippen LogP contribution < -0.4 is 0 Å². The largest absolute Gasteiger partial charge is 0.231 e. The molecule has 0 aliphatic carbocycles. The summed E-state index contributed by atoms with van der Waals surface area (Å²) in [6.45, 7) is 6.48. The van der Waals surface area contributed by atoms with Gasteiger partial charge in [0.15, 0.2) is 5.16 Å². The Hall–Kier alpha value is -0.770. The molecule has 1 heterocycles. The first kappa shape index (κ1) is 16.6. The molecule has 2 nitrogen and oxygen atoms in total. The maximum absolute atomic E-state index is 6.27. The van der Waals surface area contributed by atoms with Crippen molar-refractivity contribution in [1.29, 1.82) is 0 Å². The van der Waals surface area contributed by atoms with Crippen LogP contribution in [0.3, 0.4) is 0 Å². The van der Waals surface area contributed by atoms with Gasteiger partial charge in [0.25, 0.3) is 0 Å². The molecule has 112 valence electrons. The molecule has 0 aliphatic rings. The monoisotopic (exact) mass is 340 g/mol. The minimum atomic E-state index is 0.433. The summed E-state index contributed by atoms with van der Waals surface area (Å²) in [6.07, 6.45) is 4.44. The Kier molecular flexibility index (Phi) is 5.53. The molecule has 5 heteroatoms. The van der Waals surface area contributed by atoms with Crippen LogP contribution in [-0.4, -0.2) is 16.2 Å². The van der Waals surface area contributed by atoms with Gasteiger partial charge in [0.1, 0.15) is 5.15 Å². The molecular formula is C16H18Cl2N2S. The van der Waals surface area contributed by atoms with E-state index in [1.54, 1.807) is 0 Å². The fourth-order valence-corrected chi connectivity index (χ4v) is 3.47. The molecule has 0 spiro atoms. The molecule has 0 saturated carbocycles. The predicted molar refractivity (Wildman–Crippen MR) is 91.9 cm³/mol. The van der Waals surface area contributed by atoms with Crippen molar-refractivity contribution < 1.29 is 0 Å². The average molecular weight is 341 g/mol. The second-order valence-corrected chi connectivity index (χ2v) is 6.87. The Labute approximate surface area is 140 Å². The van der Waals surface area contributed by atoms with E-state index < -0.39 is 0 Å². The summed E-state index contributed by atoms with van der Waals surface area (Å²) >= 11 is 14.0. The summed E-state index contributed by atoms with van der Waals surface area (Å²) in [5.74, 6) is 0.433. The highest BCUT2D eigenvalue weighted by Crippen LogP contribution is 2.30. The zero-order chi connectivity index (χ0) is 15.6. The Morgan fingerprint density at radius 1 is 1.19 bits per heavy atom. The first-order chi connectivity index (χ1) is 9.92. The van der Waals surface area contributed by atoms with Crippen molar-refractivity contribution in [3.8, 4) is 0 Å². The van der Waals surface area contributed by atoms with Crippen LogP contribution in [0.4, 0.5) is 0 Å². The lowest BCUT2D eigenvalue weighted by atomic mass is 9.90. The van der Waals surface area contributed by atoms with Gasteiger partial charge in [-0.2, -0.15) is 0 Å². The van der Waals surface area contributed by atoms with Gasteiger partial charge in [-0.3, -0.25) is 0 Å². The number of hydrogen-bond acceptors (Lipinski definition) is 3. The third kappa shape index (κ3) is 3.91. The smallest absolute Gasteiger partial charge is 0.188 e. The fraction of sp³-hybridized carbons (Fsp3) is 0.375. The molecule has 1 aromatic carbocycles. The van der Waals surface area contributed by atoms with E-state index in [4.69, 9.17) is 23.2 Å². The van der Waals surface area contributed by atoms with Gasteiger partial charge < -0.3 is 0 Å². The minimum Gasteiger partial charge on any atom is -0.231 e. The van der Waals surface area contributed by atoms with E-state index in [-0.39, 0.29) is 0 Å². The van der Waals surface area contributed by atoms with Gasteiger partial charge in [-0.15, -0.1) is 0 Å². The number of aryl methyl sites for hydroxylation is 1. The maximum Gasteiger partial charge on any atom is 0.188 e. The third-order valence-corrected chi connectivity index (χ3v) is 4.48. The van der Waals surface area contributed by atoms with Crippen molar-refractivity contribution in [3.05, 3.63) is 50.8 Å². The van der Waals surface area contributed by atoms with Crippen molar-refractivity contribution in [3.63, 3.8) is 0 Å². The molecule has 0 aliphatic heterocycles. The number of benzene rings is 1. The molecule has 0 atom stereocenters. The lowest BCUT2D eigenvalue weighted by molar-refractivity contribution is 0.834. The van der Waals surface area contributed by atoms with Crippen LogP contribution in [0.5, 0.6) is 0 Å². The summed E-state index contributed by atoms with van der Waals surface area (Å²) in [4.78, 5) is 8.60. The van der Waals surface area contributed by atoms with Crippen LogP contribution in [-0.2, 0) is 6.42 Å². The Bertz CT molecular complexity index is 657. The molecule has 2 aromatic rings. The summed E-state index contributed by atoms with van der Waals surface area (Å²) < 4.78 is 0. The second kappa shape index (κ2) is 6.99. The molecule has 2 rings (SSSR count). The van der Waals surface area contributed by atoms with Gasteiger partial charge >= 0.3 is 0 Å². The Balaban J connectivity index is 2.44. The van der Waals surface area contributed by atoms with E-state index in [1.165, 1.54) is 28.5 Å². The Morgan fingerprint density at radius 3 is 2.48 bits per heavy atom. The van der Waals surface area contributed by atoms with Crippen LogP contribution in [0.15, 0.2) is 23.5 Å². The number of hydrogen-bond donors (Lipinski definition) is 0. The first-order valence-corrected chi connectivity index (χ1v) is 8.74. The van der Waals surface area contributed by atoms with Crippen LogP contribution in [0.1, 0.15) is 42.0 Å². The predicted octanol–water partition coefficient (Wildman–Crippen LogP) is 5.53. The molecule has 0 amide bonds. The highest BCUT2D eigenvalue weighted by Gasteiger charge is 2.14. The number of thioether (sulfide) groups is 1. The standard InChI is InChI=1S/C16H18Cl2N2S/c1-9(2)14-10(3)5-13(17)7-11(14)6-12-8-19-16(21-4)20-15(12)18/h5,7-9H,6H2,1-4H3. The minimum absolute atomic E-state index is 0.433. The molecule has 1 aromatic heterocycles. The highest BCUT2D eigenvalue weighted by molar-refractivity contribution is 7.98. The molecule has 21 heavy (non-hydrogen) atoms. The average Bonchev–Trinajstić information content (AvgIpc) is 2.39. The SMILES string of the molecule is CSc1ncc(Cc2cc(Cl)cc(C)c2C(C)C)c(Cl)n1. The number of nitrogens with zero attached hydrogens (tertiary/aromatic N) is 2. The van der Waals surface area contributed by atoms with E-state index in [2.05, 4.69) is 30.7 Å². The lowest BCUT2D eigenvalue weighted by Crippen LogP contribution is -2.03. The topological polar surface area (TPSA) is 25.8 Å². The van der Waals surface area contributed by atoms with Gasteiger partial charge in [0, 0.05) is 23.2 Å². The van der Waals surface area contributed by atoms with Crippen molar-refractivity contribution >= 4 is 35.0 Å². The van der Waals surface area contributed by atoms with Crippen molar-refractivity contribution in [2.75, 3.05) is 6.26 Å². The van der Waals surface area contributed by atoms with Gasteiger partial charge in [-0.1, -0.05) is 48.8 Å². The van der Waals surface area contributed by atoms with Gasteiger partial charge in [0.2, 0.25) is 0 Å². The first-order valence-electron chi connectivity index (χ1n) is 6.76. The molecular weight excluding hydrogens is 323 g/mol. The normalized spacial score (nSPS) is 11.2. The molecule has 0 N–H and O–H groups in total. The van der Waals surface area contributed by atoms with Crippen LogP contribution in [0.2, 0.25) is 10.2 Å². The van der Waals surface area contributed by atoms with Gasteiger partial charge in [-0.05, 0) is 47.9 Å². The van der Waals surface area contributed by atoms with Crippen LogP contribution >= 0.6 is 35.0 Å². The quantitative estimate of drug-likeness (QED) is 0.415. The summed E-state index contributed by atoms with van der Waals surface area (Å²) in [5, 5.41) is 1.96. The summed E-state index contributed by atoms with van der Waals surface area (Å²) in [6, 6.07) is 4.03. The Morgan fingerprint density at radius 2 is 1.90 bits per heavy atom. The lowest BCUT2D eigenvalue weighted by Gasteiger charge is -2.17. The van der Waals surface area contributed by atoms with Crippen LogP contribution in [0, 0.1) is 6.92 Å². The van der Waals surface area contributed by atoms with Gasteiger partial charge in [0.05, 0.1) is 0 Å². The molecule has 0 saturated heterocycles. The van der Waals surface area contributed by atoms with Crippen LogP contribution in [0.25, 0.3) is 0 Å². The second-order valence-electron chi connectivity index (χ2n) is 5.30. The van der Waals surface area contributed by atoms with E-state index in [9.17, 15) is 0 Å². The van der Waals surface area contributed by atoms with Crippen molar-refractivity contribution in [2.24, 2.45) is 0 Å². The zero-order valence-corrected chi connectivity index (χ0v) is 14.9. The fourth-order valence-electron chi connectivity index (χ4n) is 2.59. The summed E-state index contributed by atoms with van der Waals surface area (Å²) in [7, 11) is 0.